The van der Waals surface area contributed by atoms with E-state index < -0.39 is 0 Å². The summed E-state index contributed by atoms with van der Waals surface area (Å²) in [6.07, 6.45) is 10.9. The maximum atomic E-state index is 10.6. The Kier molecular flexibility index (Phi) is 7.73. The number of thiocarbonyl (C=S) groups is 1. The molecule has 0 atom stereocenters. The van der Waals surface area contributed by atoms with Crippen molar-refractivity contribution in [2.45, 2.75) is 58.3 Å². The monoisotopic (exact) mass is 271 g/mol. The van der Waals surface area contributed by atoms with Crippen LogP contribution in [-0.4, -0.2) is 17.6 Å². The number of nitrogens with one attached hydrogen (secondary N) is 3. The van der Waals surface area contributed by atoms with Gasteiger partial charge in [0.1, 0.15) is 0 Å². The molecule has 3 N–H and O–H groups in total. The van der Waals surface area contributed by atoms with Gasteiger partial charge in [0, 0.05) is 13.5 Å². The lowest BCUT2D eigenvalue weighted by Crippen LogP contribution is -2.46. The van der Waals surface area contributed by atoms with E-state index in [1.807, 2.05) is 0 Å². The van der Waals surface area contributed by atoms with Crippen molar-refractivity contribution in [2.24, 2.45) is 5.92 Å². The molecular formula is C13H25N3OS. The molecule has 1 rings (SSSR count). The number of amides is 1. The van der Waals surface area contributed by atoms with E-state index in [9.17, 15) is 4.79 Å². The van der Waals surface area contributed by atoms with Crippen LogP contribution in [-0.2, 0) is 4.79 Å². The van der Waals surface area contributed by atoms with E-state index in [4.69, 9.17) is 12.2 Å². The number of hydrazine groups is 1. The molecular weight excluding hydrogens is 246 g/mol. The second kappa shape index (κ2) is 9.14. The smallest absolute Gasteiger partial charge is 0.235 e. The number of hydrogen-bond donors (Lipinski definition) is 3. The number of hydrogen-bond acceptors (Lipinski definition) is 2. The maximum Gasteiger partial charge on any atom is 0.235 e. The predicted octanol–water partition coefficient (Wildman–Crippen LogP) is 2.25. The second-order valence-corrected chi connectivity index (χ2v) is 5.47. The summed E-state index contributed by atoms with van der Waals surface area (Å²) >= 11 is 5.01. The van der Waals surface area contributed by atoms with Crippen LogP contribution in [0.15, 0.2) is 0 Å². The summed E-state index contributed by atoms with van der Waals surface area (Å²) in [5, 5.41) is 3.57. The summed E-state index contributed by atoms with van der Waals surface area (Å²) in [7, 11) is 0. The predicted molar refractivity (Wildman–Crippen MR) is 78.0 cm³/mol. The largest absolute Gasteiger partial charge is 0.361 e. The van der Waals surface area contributed by atoms with E-state index in [2.05, 4.69) is 16.2 Å². The Balaban J connectivity index is 1.91. The van der Waals surface area contributed by atoms with Crippen LogP contribution in [0, 0.1) is 5.92 Å². The molecule has 1 aliphatic rings. The van der Waals surface area contributed by atoms with Crippen molar-refractivity contribution in [3.63, 3.8) is 0 Å². The standard InChI is InChI=1S/C13H25N3OS/c1-11(17)15-16-13(18)14-10-6-5-9-12-7-3-2-4-8-12/h12H,2-10H2,1H3,(H,15,17)(H2,14,16,18). The van der Waals surface area contributed by atoms with Gasteiger partial charge in [-0.05, 0) is 24.6 Å². The van der Waals surface area contributed by atoms with Gasteiger partial charge in [0.25, 0.3) is 0 Å². The van der Waals surface area contributed by atoms with E-state index in [-0.39, 0.29) is 5.91 Å². The number of carbonyl (C=O) groups excluding carboxylic acids is 1. The molecule has 1 aliphatic carbocycles. The van der Waals surface area contributed by atoms with Crippen LogP contribution < -0.4 is 16.2 Å². The quantitative estimate of drug-likeness (QED) is 0.408. The highest BCUT2D eigenvalue weighted by Crippen LogP contribution is 2.27. The van der Waals surface area contributed by atoms with E-state index >= 15 is 0 Å². The minimum Gasteiger partial charge on any atom is -0.361 e. The molecule has 1 saturated carbocycles. The van der Waals surface area contributed by atoms with Gasteiger partial charge in [-0.15, -0.1) is 0 Å². The summed E-state index contributed by atoms with van der Waals surface area (Å²) < 4.78 is 0. The van der Waals surface area contributed by atoms with E-state index in [0.29, 0.717) is 5.11 Å². The summed E-state index contributed by atoms with van der Waals surface area (Å²) in [6.45, 7) is 2.32. The molecule has 0 saturated heterocycles. The fraction of sp³-hybridized carbons (Fsp3) is 0.846. The third-order valence-electron chi connectivity index (χ3n) is 3.40. The van der Waals surface area contributed by atoms with Crippen LogP contribution >= 0.6 is 12.2 Å². The summed E-state index contributed by atoms with van der Waals surface area (Å²) in [6, 6.07) is 0. The third-order valence-corrected chi connectivity index (χ3v) is 3.65. The van der Waals surface area contributed by atoms with Crippen molar-refractivity contribution in [1.82, 2.24) is 16.2 Å². The number of carbonyl (C=O) groups is 1. The minimum atomic E-state index is -0.142. The van der Waals surface area contributed by atoms with Crippen molar-refractivity contribution in [1.29, 1.82) is 0 Å². The topological polar surface area (TPSA) is 53.2 Å². The van der Waals surface area contributed by atoms with Gasteiger partial charge in [0.15, 0.2) is 5.11 Å². The van der Waals surface area contributed by atoms with Crippen LogP contribution in [0.5, 0.6) is 0 Å². The fourth-order valence-electron chi connectivity index (χ4n) is 2.42. The molecule has 5 heteroatoms. The zero-order valence-electron chi connectivity index (χ0n) is 11.3. The van der Waals surface area contributed by atoms with Gasteiger partial charge in [-0.1, -0.05) is 44.9 Å². The molecule has 0 aromatic heterocycles. The summed E-state index contributed by atoms with van der Waals surface area (Å²) in [5.41, 5.74) is 5.09. The lowest BCUT2D eigenvalue weighted by Gasteiger charge is -2.21. The second-order valence-electron chi connectivity index (χ2n) is 5.06. The Morgan fingerprint density at radius 2 is 1.89 bits per heavy atom. The molecule has 1 amide bonds. The Bertz CT molecular complexity index is 265. The van der Waals surface area contributed by atoms with Gasteiger partial charge in [-0.3, -0.25) is 15.6 Å². The Morgan fingerprint density at radius 3 is 2.56 bits per heavy atom. The van der Waals surface area contributed by atoms with Crippen molar-refractivity contribution in [3.05, 3.63) is 0 Å². The lowest BCUT2D eigenvalue weighted by atomic mass is 9.86. The van der Waals surface area contributed by atoms with Gasteiger partial charge in [0.05, 0.1) is 0 Å². The van der Waals surface area contributed by atoms with Gasteiger partial charge < -0.3 is 5.32 Å². The number of rotatable bonds is 5. The average molecular weight is 271 g/mol. The Hall–Kier alpha value is -0.840. The summed E-state index contributed by atoms with van der Waals surface area (Å²) in [4.78, 5) is 10.6. The van der Waals surface area contributed by atoms with Crippen LogP contribution in [0.1, 0.15) is 58.3 Å². The molecule has 0 aromatic carbocycles. The lowest BCUT2D eigenvalue weighted by molar-refractivity contribution is -0.119. The molecule has 0 radical (unpaired) electrons. The van der Waals surface area contributed by atoms with Crippen LogP contribution in [0.4, 0.5) is 0 Å². The van der Waals surface area contributed by atoms with Crippen molar-refractivity contribution >= 4 is 23.2 Å². The number of unbranched alkanes of at least 4 members (excludes halogenated alkanes) is 1. The zero-order valence-corrected chi connectivity index (χ0v) is 12.1. The van der Waals surface area contributed by atoms with E-state index in [1.165, 1.54) is 51.9 Å². The van der Waals surface area contributed by atoms with Crippen molar-refractivity contribution in [3.8, 4) is 0 Å². The molecule has 1 fully saturated rings. The molecule has 4 nitrogen and oxygen atoms in total. The normalized spacial score (nSPS) is 16.1. The molecule has 104 valence electrons. The highest BCUT2D eigenvalue weighted by molar-refractivity contribution is 7.80. The van der Waals surface area contributed by atoms with Gasteiger partial charge in [-0.2, -0.15) is 0 Å². The molecule has 0 bridgehead atoms. The first kappa shape index (κ1) is 15.2. The molecule has 0 aliphatic heterocycles. The Morgan fingerprint density at radius 1 is 1.17 bits per heavy atom. The summed E-state index contributed by atoms with van der Waals surface area (Å²) in [5.74, 6) is 0.819. The molecule has 0 heterocycles. The highest BCUT2D eigenvalue weighted by atomic mass is 32.1. The van der Waals surface area contributed by atoms with Gasteiger partial charge in [0.2, 0.25) is 5.91 Å². The zero-order chi connectivity index (χ0) is 13.2. The molecule has 0 unspecified atom stereocenters. The first-order chi connectivity index (χ1) is 8.68. The van der Waals surface area contributed by atoms with Crippen LogP contribution in [0.25, 0.3) is 0 Å². The average Bonchev–Trinajstić information content (AvgIpc) is 2.37. The van der Waals surface area contributed by atoms with Crippen LogP contribution in [0.3, 0.4) is 0 Å². The minimum absolute atomic E-state index is 0.142. The van der Waals surface area contributed by atoms with Crippen molar-refractivity contribution < 1.29 is 4.79 Å². The molecule has 18 heavy (non-hydrogen) atoms. The molecule has 0 spiro atoms. The molecule has 0 aromatic rings. The first-order valence-corrected chi connectivity index (χ1v) is 7.39. The van der Waals surface area contributed by atoms with Gasteiger partial charge in [-0.25, -0.2) is 0 Å². The SMILES string of the molecule is CC(=O)NNC(=S)NCCCCC1CCCCC1. The highest BCUT2D eigenvalue weighted by Gasteiger charge is 2.12. The fourth-order valence-corrected chi connectivity index (χ4v) is 2.58. The van der Waals surface area contributed by atoms with E-state index in [0.717, 1.165) is 18.9 Å². The maximum absolute atomic E-state index is 10.6. The van der Waals surface area contributed by atoms with Gasteiger partial charge >= 0.3 is 0 Å². The first-order valence-electron chi connectivity index (χ1n) is 6.99. The van der Waals surface area contributed by atoms with E-state index in [1.54, 1.807) is 0 Å². The third kappa shape index (κ3) is 7.48. The van der Waals surface area contributed by atoms with Crippen LogP contribution in [0.2, 0.25) is 0 Å². The van der Waals surface area contributed by atoms with Crippen molar-refractivity contribution in [2.75, 3.05) is 6.54 Å². The Labute approximate surface area is 115 Å².